The van der Waals surface area contributed by atoms with E-state index in [1.54, 1.807) is 18.2 Å². The maximum atomic E-state index is 12.2. The molecule has 0 saturated heterocycles. The number of benzene rings is 1. The molecule has 0 saturated carbocycles. The van der Waals surface area contributed by atoms with E-state index in [1.165, 1.54) is 17.4 Å². The first-order valence-corrected chi connectivity index (χ1v) is 7.38. The first kappa shape index (κ1) is 14.1. The monoisotopic (exact) mass is 339 g/mol. The van der Waals surface area contributed by atoms with Crippen molar-refractivity contribution < 1.29 is 14.7 Å². The van der Waals surface area contributed by atoms with Crippen LogP contribution in [0.4, 0.5) is 5.69 Å². The number of fused-ring (bicyclic) bond motifs is 2. The molecule has 0 bridgehead atoms. The molecule has 0 aliphatic carbocycles. The van der Waals surface area contributed by atoms with Crippen LogP contribution in [0.5, 0.6) is 0 Å². The summed E-state index contributed by atoms with van der Waals surface area (Å²) in [4.78, 5) is 23.9. The second-order valence-corrected chi connectivity index (χ2v) is 6.45. The highest BCUT2D eigenvalue weighted by atomic mass is 35.5. The first-order chi connectivity index (χ1) is 9.95. The van der Waals surface area contributed by atoms with E-state index < -0.39 is 5.97 Å². The summed E-state index contributed by atoms with van der Waals surface area (Å²) in [5, 5.41) is 12.3. The van der Waals surface area contributed by atoms with Crippen LogP contribution in [0.25, 0.3) is 5.57 Å². The zero-order valence-corrected chi connectivity index (χ0v) is 12.6. The van der Waals surface area contributed by atoms with Gasteiger partial charge in [0, 0.05) is 27.1 Å². The minimum Gasteiger partial charge on any atom is -0.478 e. The fourth-order valence-electron chi connectivity index (χ4n) is 2.16. The summed E-state index contributed by atoms with van der Waals surface area (Å²) in [6.07, 6.45) is 1.07. The lowest BCUT2D eigenvalue weighted by Gasteiger charge is -2.09. The number of carboxylic acids is 1. The largest absolute Gasteiger partial charge is 0.478 e. The number of rotatable bonds is 1. The van der Waals surface area contributed by atoms with E-state index in [4.69, 9.17) is 28.3 Å². The fourth-order valence-corrected chi connectivity index (χ4v) is 3.59. The van der Waals surface area contributed by atoms with Crippen molar-refractivity contribution in [3.63, 3.8) is 0 Å². The third-order valence-electron chi connectivity index (χ3n) is 2.98. The third kappa shape index (κ3) is 2.55. The predicted octanol–water partition coefficient (Wildman–Crippen LogP) is 4.14. The van der Waals surface area contributed by atoms with Crippen molar-refractivity contribution in [3.05, 3.63) is 55.7 Å². The van der Waals surface area contributed by atoms with E-state index in [1.807, 2.05) is 0 Å². The highest BCUT2D eigenvalue weighted by Crippen LogP contribution is 2.41. The smallest absolute Gasteiger partial charge is 0.328 e. The van der Waals surface area contributed by atoms with Gasteiger partial charge in [0.1, 0.15) is 0 Å². The van der Waals surface area contributed by atoms with E-state index in [2.05, 4.69) is 5.32 Å². The van der Waals surface area contributed by atoms with Crippen LogP contribution in [0.1, 0.15) is 20.8 Å². The van der Waals surface area contributed by atoms with E-state index in [9.17, 15) is 9.59 Å². The van der Waals surface area contributed by atoms with Crippen LogP contribution in [-0.4, -0.2) is 17.0 Å². The van der Waals surface area contributed by atoms with E-state index in [0.29, 0.717) is 36.6 Å². The Kier molecular flexibility index (Phi) is 3.49. The Balaban J connectivity index is 2.34. The second kappa shape index (κ2) is 5.18. The van der Waals surface area contributed by atoms with Crippen LogP contribution in [-0.2, 0) is 4.79 Å². The van der Waals surface area contributed by atoms with Gasteiger partial charge in [0.15, 0.2) is 0 Å². The lowest BCUT2D eigenvalue weighted by molar-refractivity contribution is -0.131. The van der Waals surface area contributed by atoms with Crippen molar-refractivity contribution in [3.8, 4) is 0 Å². The molecule has 7 heteroatoms. The maximum absolute atomic E-state index is 12.2. The van der Waals surface area contributed by atoms with Gasteiger partial charge in [-0.1, -0.05) is 29.3 Å². The molecule has 1 amide bonds. The van der Waals surface area contributed by atoms with Crippen LogP contribution in [0, 0.1) is 0 Å². The number of anilines is 1. The topological polar surface area (TPSA) is 66.4 Å². The van der Waals surface area contributed by atoms with Crippen molar-refractivity contribution in [2.75, 3.05) is 5.32 Å². The number of aliphatic carboxylic acids is 1. The van der Waals surface area contributed by atoms with E-state index >= 15 is 0 Å². The number of hydrogen-bond acceptors (Lipinski definition) is 3. The molecule has 0 unspecified atom stereocenters. The van der Waals surface area contributed by atoms with Gasteiger partial charge in [0.05, 0.1) is 15.6 Å². The molecular weight excluding hydrogens is 333 g/mol. The van der Waals surface area contributed by atoms with Gasteiger partial charge in [-0.25, -0.2) is 4.79 Å². The summed E-state index contributed by atoms with van der Waals surface area (Å²) in [7, 11) is 0. The number of carbonyl (C=O) groups is 2. The third-order valence-corrected chi connectivity index (χ3v) is 4.51. The molecule has 0 spiro atoms. The van der Waals surface area contributed by atoms with Crippen LogP contribution in [0.2, 0.25) is 9.36 Å². The van der Waals surface area contributed by atoms with E-state index in [0.717, 1.165) is 6.08 Å². The standard InChI is InChI=1S/C14H7Cl2NO3S/c15-6-1-2-7-8(5-12(18)19)13-9(4-11(16)21-13)14(20)17-10(7)3-6/h1-5H,(H,17,20)(H,18,19)/b8-5-. The quantitative estimate of drug-likeness (QED) is 0.767. The number of carbonyl (C=O) groups excluding carboxylic acids is 1. The van der Waals surface area contributed by atoms with Gasteiger partial charge in [-0.05, 0) is 18.2 Å². The average molecular weight is 340 g/mol. The minimum atomic E-state index is -1.10. The highest BCUT2D eigenvalue weighted by Gasteiger charge is 2.26. The molecule has 4 nitrogen and oxygen atoms in total. The minimum absolute atomic E-state index is 0.342. The molecule has 3 rings (SSSR count). The molecule has 0 fully saturated rings. The zero-order chi connectivity index (χ0) is 15.1. The Morgan fingerprint density at radius 3 is 2.71 bits per heavy atom. The molecule has 1 aliphatic heterocycles. The fraction of sp³-hybridized carbons (Fsp3) is 0. The van der Waals surface area contributed by atoms with Crippen LogP contribution < -0.4 is 5.32 Å². The number of nitrogens with one attached hydrogen (secondary N) is 1. The van der Waals surface area contributed by atoms with Crippen LogP contribution >= 0.6 is 34.5 Å². The lowest BCUT2D eigenvalue weighted by atomic mass is 10.0. The normalized spacial score (nSPS) is 15.1. The Morgan fingerprint density at radius 1 is 1.24 bits per heavy atom. The van der Waals surface area contributed by atoms with Crippen molar-refractivity contribution >= 4 is 57.7 Å². The van der Waals surface area contributed by atoms with Gasteiger partial charge in [0.25, 0.3) is 5.91 Å². The number of thiophene rings is 1. The summed E-state index contributed by atoms with van der Waals surface area (Å²) in [5.41, 5.74) is 1.84. The molecule has 2 heterocycles. The summed E-state index contributed by atoms with van der Waals surface area (Å²) in [6.45, 7) is 0. The molecule has 21 heavy (non-hydrogen) atoms. The zero-order valence-electron chi connectivity index (χ0n) is 10.3. The molecular formula is C14H7Cl2NO3S. The Labute approximate surface area is 133 Å². The molecule has 106 valence electrons. The lowest BCUT2D eigenvalue weighted by Crippen LogP contribution is -2.10. The Hall–Kier alpha value is -1.82. The van der Waals surface area contributed by atoms with Gasteiger partial charge in [-0.3, -0.25) is 4.79 Å². The predicted molar refractivity (Wildman–Crippen MR) is 83.4 cm³/mol. The molecule has 1 aromatic heterocycles. The van der Waals surface area contributed by atoms with Crippen molar-refractivity contribution in [2.24, 2.45) is 0 Å². The average Bonchev–Trinajstić information content (AvgIpc) is 2.74. The number of halogens is 2. The molecule has 1 aliphatic rings. The number of hydrogen-bond donors (Lipinski definition) is 2. The SMILES string of the molecule is O=C(O)/C=C1/c2ccc(Cl)cc2NC(=O)c2cc(Cl)sc21. The van der Waals surface area contributed by atoms with E-state index in [-0.39, 0.29) is 5.91 Å². The van der Waals surface area contributed by atoms with Crippen molar-refractivity contribution in [1.82, 2.24) is 0 Å². The van der Waals surface area contributed by atoms with Crippen LogP contribution in [0.3, 0.4) is 0 Å². The molecule has 0 atom stereocenters. The number of amides is 1. The van der Waals surface area contributed by atoms with Gasteiger partial charge < -0.3 is 10.4 Å². The van der Waals surface area contributed by atoms with Crippen molar-refractivity contribution in [1.29, 1.82) is 0 Å². The summed E-state index contributed by atoms with van der Waals surface area (Å²) in [6, 6.07) is 6.43. The summed E-state index contributed by atoms with van der Waals surface area (Å²) in [5.74, 6) is -1.44. The van der Waals surface area contributed by atoms with Crippen molar-refractivity contribution in [2.45, 2.75) is 0 Å². The molecule has 2 aromatic rings. The van der Waals surface area contributed by atoms with Gasteiger partial charge in [-0.15, -0.1) is 11.3 Å². The first-order valence-electron chi connectivity index (χ1n) is 5.81. The second-order valence-electron chi connectivity index (χ2n) is 4.33. The van der Waals surface area contributed by atoms with Gasteiger partial charge in [-0.2, -0.15) is 0 Å². The molecule has 1 aromatic carbocycles. The Bertz CT molecular complexity index is 811. The number of carboxylic acid groups (broad SMARTS) is 1. The van der Waals surface area contributed by atoms with Gasteiger partial charge >= 0.3 is 5.97 Å². The molecule has 2 N–H and O–H groups in total. The maximum Gasteiger partial charge on any atom is 0.328 e. The summed E-state index contributed by atoms with van der Waals surface area (Å²) < 4.78 is 0.420. The Morgan fingerprint density at radius 2 is 2.00 bits per heavy atom. The van der Waals surface area contributed by atoms with Gasteiger partial charge in [0.2, 0.25) is 0 Å². The van der Waals surface area contributed by atoms with Crippen LogP contribution in [0.15, 0.2) is 30.3 Å². The molecule has 0 radical (unpaired) electrons. The summed E-state index contributed by atoms with van der Waals surface area (Å²) >= 11 is 13.1. The highest BCUT2D eigenvalue weighted by molar-refractivity contribution is 7.17.